The molecule has 3 rings (SSSR count). The van der Waals surface area contributed by atoms with Crippen LogP contribution in [0.2, 0.25) is 0 Å². The molecule has 2 heterocycles. The first-order chi connectivity index (χ1) is 16.7. The van der Waals surface area contributed by atoms with Crippen molar-refractivity contribution in [3.8, 4) is 5.75 Å². The van der Waals surface area contributed by atoms with Gasteiger partial charge in [0.15, 0.2) is 0 Å². The Morgan fingerprint density at radius 3 is 2.08 bits per heavy atom. The number of halogens is 3. The lowest BCUT2D eigenvalue weighted by atomic mass is 10.0. The molecule has 0 unspecified atom stereocenters. The van der Waals surface area contributed by atoms with Crippen molar-refractivity contribution < 1.29 is 17.9 Å². The lowest BCUT2D eigenvalue weighted by Gasteiger charge is -2.38. The molecule has 10 heteroatoms. The van der Waals surface area contributed by atoms with Gasteiger partial charge in [-0.25, -0.2) is 4.79 Å². The van der Waals surface area contributed by atoms with Crippen molar-refractivity contribution in [1.82, 2.24) is 14.0 Å². The summed E-state index contributed by atoms with van der Waals surface area (Å²) in [4.78, 5) is 30.1. The zero-order valence-electron chi connectivity index (χ0n) is 21.9. The van der Waals surface area contributed by atoms with Gasteiger partial charge in [-0.3, -0.25) is 18.8 Å². The highest BCUT2D eigenvalue weighted by Gasteiger charge is 2.31. The Hall–Kier alpha value is -2.75. The molecule has 2 aromatic rings. The second-order valence-corrected chi connectivity index (χ2v) is 10.5. The SMILES string of the molecule is CC(C)n1c(N2CCN(CCC(C)(C)Oc3cccc(C(F)(F)F)c3)CC2)cc(=O)n(C(C)C)c1=O. The standard InChI is InChI=1S/C26H37F3N4O3/c1-18(2)32-22(17-23(34)33(19(3)4)24(32)35)31-14-12-30(13-15-31)11-10-25(5,6)36-21-9-7-8-20(16-21)26(27,28)29/h7-9,16-19H,10-15H2,1-6H3. The van der Waals surface area contributed by atoms with Crippen molar-refractivity contribution >= 4 is 5.82 Å². The van der Waals surface area contributed by atoms with Gasteiger partial charge in [-0.05, 0) is 66.2 Å². The number of ether oxygens (including phenoxy) is 1. The summed E-state index contributed by atoms with van der Waals surface area (Å²) in [5, 5.41) is 0. The average molecular weight is 511 g/mol. The van der Waals surface area contributed by atoms with Crippen molar-refractivity contribution in [2.45, 2.75) is 71.8 Å². The van der Waals surface area contributed by atoms with E-state index in [1.807, 2.05) is 41.5 Å². The lowest BCUT2D eigenvalue weighted by Crippen LogP contribution is -2.51. The maximum atomic E-state index is 13.1. The van der Waals surface area contributed by atoms with Crippen molar-refractivity contribution in [3.05, 3.63) is 56.7 Å². The molecule has 0 radical (unpaired) electrons. The second-order valence-electron chi connectivity index (χ2n) is 10.5. The molecule has 7 nitrogen and oxygen atoms in total. The number of nitrogens with zero attached hydrogens (tertiary/aromatic N) is 4. The Kier molecular flexibility index (Phi) is 8.27. The quantitative estimate of drug-likeness (QED) is 0.521. The Morgan fingerprint density at radius 1 is 0.917 bits per heavy atom. The largest absolute Gasteiger partial charge is 0.488 e. The average Bonchev–Trinajstić information content (AvgIpc) is 2.76. The van der Waals surface area contributed by atoms with Gasteiger partial charge in [0.05, 0.1) is 5.56 Å². The normalized spacial score (nSPS) is 15.7. The van der Waals surface area contributed by atoms with Crippen LogP contribution in [-0.2, 0) is 6.18 Å². The molecule has 1 aromatic carbocycles. The third-order valence-electron chi connectivity index (χ3n) is 6.46. The van der Waals surface area contributed by atoms with Crippen LogP contribution in [0.5, 0.6) is 5.75 Å². The van der Waals surface area contributed by atoms with Crippen LogP contribution in [0.4, 0.5) is 19.0 Å². The third-order valence-corrected chi connectivity index (χ3v) is 6.46. The zero-order chi connectivity index (χ0) is 26.8. The molecule has 1 aliphatic rings. The molecule has 0 aliphatic carbocycles. The highest BCUT2D eigenvalue weighted by molar-refractivity contribution is 5.40. The molecule has 0 atom stereocenters. The zero-order valence-corrected chi connectivity index (χ0v) is 21.9. The first-order valence-corrected chi connectivity index (χ1v) is 12.4. The first-order valence-electron chi connectivity index (χ1n) is 12.4. The van der Waals surface area contributed by atoms with Crippen LogP contribution in [0, 0.1) is 0 Å². The van der Waals surface area contributed by atoms with Crippen molar-refractivity contribution in [2.75, 3.05) is 37.6 Å². The van der Waals surface area contributed by atoms with E-state index in [0.29, 0.717) is 31.9 Å². The van der Waals surface area contributed by atoms with E-state index in [1.165, 1.54) is 16.7 Å². The fourth-order valence-corrected chi connectivity index (χ4v) is 4.50. The number of anilines is 1. The maximum Gasteiger partial charge on any atom is 0.416 e. The monoisotopic (exact) mass is 510 g/mol. The molecule has 1 aromatic heterocycles. The van der Waals surface area contributed by atoms with Gasteiger partial charge in [-0.2, -0.15) is 13.2 Å². The molecule has 1 aliphatic heterocycles. The molecule has 1 saturated heterocycles. The number of aromatic nitrogens is 2. The lowest BCUT2D eigenvalue weighted by molar-refractivity contribution is -0.137. The summed E-state index contributed by atoms with van der Waals surface area (Å²) in [5.41, 5.74) is -1.97. The van der Waals surface area contributed by atoms with E-state index in [9.17, 15) is 22.8 Å². The van der Waals surface area contributed by atoms with E-state index in [1.54, 1.807) is 10.6 Å². The summed E-state index contributed by atoms with van der Waals surface area (Å²) in [6.45, 7) is 14.8. The fraction of sp³-hybridized carbons (Fsp3) is 0.615. The van der Waals surface area contributed by atoms with E-state index in [4.69, 9.17) is 4.74 Å². The highest BCUT2D eigenvalue weighted by atomic mass is 19.4. The predicted molar refractivity (Wildman–Crippen MR) is 135 cm³/mol. The van der Waals surface area contributed by atoms with Gasteiger partial charge in [0, 0.05) is 50.9 Å². The molecule has 0 N–H and O–H groups in total. The van der Waals surface area contributed by atoms with Crippen molar-refractivity contribution in [3.63, 3.8) is 0 Å². The van der Waals surface area contributed by atoms with Crippen molar-refractivity contribution in [2.24, 2.45) is 0 Å². The van der Waals surface area contributed by atoms with Gasteiger partial charge >= 0.3 is 11.9 Å². The van der Waals surface area contributed by atoms with Gasteiger partial charge in [-0.1, -0.05) is 6.07 Å². The molecule has 0 saturated carbocycles. The first kappa shape index (κ1) is 27.8. The summed E-state index contributed by atoms with van der Waals surface area (Å²) >= 11 is 0. The van der Waals surface area contributed by atoms with E-state index >= 15 is 0 Å². The molecule has 36 heavy (non-hydrogen) atoms. The number of hydrogen-bond donors (Lipinski definition) is 0. The van der Waals surface area contributed by atoms with Crippen LogP contribution in [0.3, 0.4) is 0 Å². The van der Waals surface area contributed by atoms with Crippen LogP contribution in [0.25, 0.3) is 0 Å². The minimum Gasteiger partial charge on any atom is -0.488 e. The van der Waals surface area contributed by atoms with E-state index < -0.39 is 17.3 Å². The Morgan fingerprint density at radius 2 is 1.53 bits per heavy atom. The highest BCUT2D eigenvalue weighted by Crippen LogP contribution is 2.32. The van der Waals surface area contributed by atoms with E-state index in [0.717, 1.165) is 25.2 Å². The molecule has 0 bridgehead atoms. The molecular weight excluding hydrogens is 473 g/mol. The molecule has 0 amide bonds. The third kappa shape index (κ3) is 6.52. The predicted octanol–water partition coefficient (Wildman–Crippen LogP) is 4.56. The van der Waals surface area contributed by atoms with Gasteiger partial charge < -0.3 is 9.64 Å². The van der Waals surface area contributed by atoms with Gasteiger partial charge in [0.25, 0.3) is 5.56 Å². The minimum absolute atomic E-state index is 0.0927. The summed E-state index contributed by atoms with van der Waals surface area (Å²) in [6.07, 6.45) is -3.78. The molecule has 0 spiro atoms. The number of hydrogen-bond acceptors (Lipinski definition) is 5. The smallest absolute Gasteiger partial charge is 0.416 e. The summed E-state index contributed by atoms with van der Waals surface area (Å²) in [7, 11) is 0. The summed E-state index contributed by atoms with van der Waals surface area (Å²) in [6, 6.07) is 6.20. The fourth-order valence-electron chi connectivity index (χ4n) is 4.50. The van der Waals surface area contributed by atoms with Crippen LogP contribution in [0.1, 0.15) is 65.6 Å². The summed E-state index contributed by atoms with van der Waals surface area (Å²) < 4.78 is 47.9. The molecule has 200 valence electrons. The number of rotatable bonds is 8. The number of piperazine rings is 1. The van der Waals surface area contributed by atoms with Crippen LogP contribution >= 0.6 is 0 Å². The Bertz CT molecular complexity index is 1160. The van der Waals surface area contributed by atoms with E-state index in [2.05, 4.69) is 9.80 Å². The summed E-state index contributed by atoms with van der Waals surface area (Å²) in [5.74, 6) is 0.840. The van der Waals surface area contributed by atoms with Crippen LogP contribution in [0.15, 0.2) is 39.9 Å². The second kappa shape index (κ2) is 10.7. The topological polar surface area (TPSA) is 59.7 Å². The number of benzene rings is 1. The van der Waals surface area contributed by atoms with Crippen LogP contribution < -0.4 is 20.9 Å². The Balaban J connectivity index is 1.63. The maximum absolute atomic E-state index is 13.1. The minimum atomic E-state index is -4.41. The molecular formula is C26H37F3N4O3. The number of alkyl halides is 3. The van der Waals surface area contributed by atoms with Gasteiger partial charge in [-0.15, -0.1) is 0 Å². The van der Waals surface area contributed by atoms with Gasteiger partial charge in [0.2, 0.25) is 0 Å². The van der Waals surface area contributed by atoms with Gasteiger partial charge in [0.1, 0.15) is 17.2 Å². The van der Waals surface area contributed by atoms with Crippen LogP contribution in [-0.4, -0.2) is 52.4 Å². The molecule has 1 fully saturated rings. The van der Waals surface area contributed by atoms with Crippen molar-refractivity contribution in [1.29, 1.82) is 0 Å². The Labute approximate surface area is 210 Å². The van der Waals surface area contributed by atoms with E-state index in [-0.39, 0.29) is 29.1 Å².